The highest BCUT2D eigenvalue weighted by molar-refractivity contribution is 7.99. The van der Waals surface area contributed by atoms with Gasteiger partial charge in [0.15, 0.2) is 16.7 Å². The molecule has 1 aromatic heterocycles. The second kappa shape index (κ2) is 8.67. The largest absolute Gasteiger partial charge is 0.486 e. The molecule has 0 N–H and O–H groups in total. The zero-order valence-corrected chi connectivity index (χ0v) is 18.3. The molecule has 0 saturated carbocycles. The van der Waals surface area contributed by atoms with Crippen LogP contribution in [0.5, 0.6) is 11.5 Å². The molecule has 1 amide bonds. The highest BCUT2D eigenvalue weighted by Crippen LogP contribution is 2.38. The molecule has 0 bridgehead atoms. The highest BCUT2D eigenvalue weighted by atomic mass is 32.2. The number of likely N-dealkylation sites (tertiary alicyclic amines) is 1. The molecule has 0 aliphatic carbocycles. The van der Waals surface area contributed by atoms with Gasteiger partial charge in [-0.3, -0.25) is 9.36 Å². The summed E-state index contributed by atoms with van der Waals surface area (Å²) in [7, 11) is 0. The van der Waals surface area contributed by atoms with Crippen molar-refractivity contribution in [2.24, 2.45) is 0 Å². The summed E-state index contributed by atoms with van der Waals surface area (Å²) in [5, 5.41) is 0.828. The van der Waals surface area contributed by atoms with Gasteiger partial charge in [0.05, 0.1) is 11.8 Å². The Kier molecular flexibility index (Phi) is 5.59. The number of thioether (sulfide) groups is 1. The van der Waals surface area contributed by atoms with Gasteiger partial charge < -0.3 is 14.4 Å². The van der Waals surface area contributed by atoms with Gasteiger partial charge in [-0.2, -0.15) is 0 Å². The van der Waals surface area contributed by atoms with Crippen molar-refractivity contribution in [3.8, 4) is 17.2 Å². The Morgan fingerprint density at radius 1 is 1.16 bits per heavy atom. The number of ether oxygens (including phenoxy) is 2. The van der Waals surface area contributed by atoms with Crippen LogP contribution < -0.4 is 9.47 Å². The fourth-order valence-corrected chi connectivity index (χ4v) is 5.12. The van der Waals surface area contributed by atoms with Crippen LogP contribution in [0.2, 0.25) is 0 Å². The number of hydrogen-bond donors (Lipinski definition) is 0. The lowest BCUT2D eigenvalue weighted by atomic mass is 10.0. The molecule has 3 aromatic rings. The van der Waals surface area contributed by atoms with Crippen LogP contribution in [-0.2, 0) is 4.79 Å². The summed E-state index contributed by atoms with van der Waals surface area (Å²) in [5.74, 6) is 2.06. The first-order chi connectivity index (χ1) is 15.2. The van der Waals surface area contributed by atoms with Gasteiger partial charge in [-0.05, 0) is 55.2 Å². The van der Waals surface area contributed by atoms with Gasteiger partial charge in [0, 0.05) is 24.6 Å². The molecule has 2 aliphatic rings. The van der Waals surface area contributed by atoms with Crippen molar-refractivity contribution < 1.29 is 14.3 Å². The van der Waals surface area contributed by atoms with Crippen LogP contribution in [0.25, 0.3) is 5.69 Å². The summed E-state index contributed by atoms with van der Waals surface area (Å²) in [4.78, 5) is 19.6. The van der Waals surface area contributed by atoms with Crippen LogP contribution in [0.4, 0.5) is 0 Å². The molecular weight excluding hydrogens is 410 g/mol. The van der Waals surface area contributed by atoms with Crippen LogP contribution in [0.1, 0.15) is 30.0 Å². The van der Waals surface area contributed by atoms with Crippen LogP contribution in [-0.4, -0.2) is 45.9 Å². The summed E-state index contributed by atoms with van der Waals surface area (Å²) in [6.45, 7) is 4.00. The monoisotopic (exact) mass is 435 g/mol. The third-order valence-electron chi connectivity index (χ3n) is 5.74. The van der Waals surface area contributed by atoms with Gasteiger partial charge in [0.25, 0.3) is 0 Å². The molecule has 0 unspecified atom stereocenters. The standard InChI is InChI=1S/C24H25N3O3S/c1-17-4-2-5-19(14-17)26-11-9-25-24(26)31-16-23(28)27-10-3-6-20(27)18-7-8-21-22(15-18)30-13-12-29-21/h2,4-5,7-9,11,14-15,20H,3,6,10,12-13,16H2,1H3/t20-/m1/s1. The van der Waals surface area contributed by atoms with E-state index in [1.54, 1.807) is 6.20 Å². The average Bonchev–Trinajstić information content (AvgIpc) is 3.47. The van der Waals surface area contributed by atoms with E-state index in [-0.39, 0.29) is 11.9 Å². The number of nitrogens with zero attached hydrogens (tertiary/aromatic N) is 3. The van der Waals surface area contributed by atoms with Crippen molar-refractivity contribution in [3.63, 3.8) is 0 Å². The van der Waals surface area contributed by atoms with E-state index in [9.17, 15) is 4.79 Å². The van der Waals surface area contributed by atoms with Gasteiger partial charge in [0.1, 0.15) is 13.2 Å². The van der Waals surface area contributed by atoms with Gasteiger partial charge in [0.2, 0.25) is 5.91 Å². The van der Waals surface area contributed by atoms with E-state index in [2.05, 4.69) is 36.2 Å². The Balaban J connectivity index is 1.28. The van der Waals surface area contributed by atoms with E-state index in [0.717, 1.165) is 47.3 Å². The van der Waals surface area contributed by atoms with E-state index >= 15 is 0 Å². The molecule has 0 radical (unpaired) electrons. The number of carbonyl (C=O) groups is 1. The molecule has 0 spiro atoms. The van der Waals surface area contributed by atoms with Gasteiger partial charge in [-0.1, -0.05) is 30.0 Å². The van der Waals surface area contributed by atoms with Crippen molar-refractivity contribution in [1.29, 1.82) is 0 Å². The lowest BCUT2D eigenvalue weighted by Gasteiger charge is -2.26. The second-order valence-corrected chi connectivity index (χ2v) is 8.80. The van der Waals surface area contributed by atoms with Crippen LogP contribution in [0.3, 0.4) is 0 Å². The maximum absolute atomic E-state index is 13.1. The van der Waals surface area contributed by atoms with Gasteiger partial charge in [-0.15, -0.1) is 0 Å². The van der Waals surface area contributed by atoms with Crippen LogP contribution in [0, 0.1) is 6.92 Å². The average molecular weight is 436 g/mol. The number of imidazole rings is 1. The Bertz CT molecular complexity index is 1100. The Labute approximate surface area is 186 Å². The molecule has 160 valence electrons. The number of aromatic nitrogens is 2. The zero-order valence-electron chi connectivity index (χ0n) is 17.5. The van der Waals surface area contributed by atoms with Gasteiger partial charge in [-0.25, -0.2) is 4.98 Å². The molecule has 6 nitrogen and oxygen atoms in total. The number of benzene rings is 2. The second-order valence-electron chi connectivity index (χ2n) is 7.86. The van der Waals surface area contributed by atoms with E-state index in [4.69, 9.17) is 9.47 Å². The zero-order chi connectivity index (χ0) is 21.2. The Morgan fingerprint density at radius 3 is 2.90 bits per heavy atom. The van der Waals surface area contributed by atoms with Crippen LogP contribution >= 0.6 is 11.8 Å². The molecule has 2 aliphatic heterocycles. The fourth-order valence-electron chi connectivity index (χ4n) is 4.26. The van der Waals surface area contributed by atoms with Crippen molar-refractivity contribution in [2.45, 2.75) is 31.0 Å². The minimum Gasteiger partial charge on any atom is -0.486 e. The highest BCUT2D eigenvalue weighted by Gasteiger charge is 2.31. The topological polar surface area (TPSA) is 56.6 Å². The van der Waals surface area contributed by atoms with E-state index in [0.29, 0.717) is 19.0 Å². The Morgan fingerprint density at radius 2 is 2.03 bits per heavy atom. The van der Waals surface area contributed by atoms with E-state index in [1.807, 2.05) is 33.9 Å². The summed E-state index contributed by atoms with van der Waals surface area (Å²) in [5.41, 5.74) is 3.36. The third-order valence-corrected chi connectivity index (χ3v) is 6.69. The first-order valence-corrected chi connectivity index (χ1v) is 11.6. The quantitative estimate of drug-likeness (QED) is 0.556. The Hall–Kier alpha value is -2.93. The minimum absolute atomic E-state index is 0.0837. The third kappa shape index (κ3) is 4.14. The predicted molar refractivity (Wildman–Crippen MR) is 120 cm³/mol. The number of fused-ring (bicyclic) bond motifs is 1. The van der Waals surface area contributed by atoms with Gasteiger partial charge >= 0.3 is 0 Å². The molecule has 2 aromatic carbocycles. The number of hydrogen-bond acceptors (Lipinski definition) is 5. The molecule has 31 heavy (non-hydrogen) atoms. The van der Waals surface area contributed by atoms with E-state index < -0.39 is 0 Å². The number of rotatable bonds is 5. The van der Waals surface area contributed by atoms with E-state index in [1.165, 1.54) is 17.3 Å². The summed E-state index contributed by atoms with van der Waals surface area (Å²) in [6, 6.07) is 14.4. The number of carbonyl (C=O) groups excluding carboxylic acids is 1. The minimum atomic E-state index is 0.0837. The fraction of sp³-hybridized carbons (Fsp3) is 0.333. The maximum atomic E-state index is 13.1. The molecule has 7 heteroatoms. The first-order valence-electron chi connectivity index (χ1n) is 10.6. The predicted octanol–water partition coefficient (Wildman–Crippen LogP) is 4.41. The first kappa shape index (κ1) is 20.0. The molecule has 1 fully saturated rings. The molecule has 3 heterocycles. The van der Waals surface area contributed by atoms with Crippen LogP contribution in [0.15, 0.2) is 60.0 Å². The number of amides is 1. The molecule has 1 atom stereocenters. The van der Waals surface area contributed by atoms with Crippen molar-refractivity contribution in [1.82, 2.24) is 14.5 Å². The molecule has 1 saturated heterocycles. The van der Waals surface area contributed by atoms with Crippen molar-refractivity contribution in [2.75, 3.05) is 25.5 Å². The SMILES string of the molecule is Cc1cccc(-n2ccnc2SCC(=O)N2CCC[C@@H]2c2ccc3c(c2)OCCO3)c1. The lowest BCUT2D eigenvalue weighted by Crippen LogP contribution is -2.32. The van der Waals surface area contributed by atoms with Crippen molar-refractivity contribution >= 4 is 17.7 Å². The summed E-state index contributed by atoms with van der Waals surface area (Å²) in [6.07, 6.45) is 5.69. The summed E-state index contributed by atoms with van der Waals surface area (Å²) < 4.78 is 13.4. The number of aryl methyl sites for hydroxylation is 1. The normalized spacial score (nSPS) is 17.7. The summed E-state index contributed by atoms with van der Waals surface area (Å²) >= 11 is 1.49. The lowest BCUT2D eigenvalue weighted by molar-refractivity contribution is -0.129. The smallest absolute Gasteiger partial charge is 0.233 e. The molecule has 5 rings (SSSR count). The van der Waals surface area contributed by atoms with Crippen molar-refractivity contribution in [3.05, 3.63) is 66.0 Å². The molecular formula is C24H25N3O3S. The maximum Gasteiger partial charge on any atom is 0.233 e.